The molecule has 0 amide bonds. The third-order valence-corrected chi connectivity index (χ3v) is 3.01. The minimum atomic E-state index is -0.833. The molecule has 2 N–H and O–H groups in total. The molecule has 20 heavy (non-hydrogen) atoms. The summed E-state index contributed by atoms with van der Waals surface area (Å²) in [6.07, 6.45) is 16.0. The summed E-state index contributed by atoms with van der Waals surface area (Å²) in [4.78, 5) is 9.00. The van der Waals surface area contributed by atoms with Crippen molar-refractivity contribution in [3.05, 3.63) is 12.2 Å². The van der Waals surface area contributed by atoms with Crippen LogP contribution in [-0.4, -0.2) is 22.8 Å². The number of aliphatic carboxylic acids is 1. The second-order valence-electron chi connectivity index (χ2n) is 5.35. The van der Waals surface area contributed by atoms with E-state index in [0.29, 0.717) is 6.61 Å². The minimum Gasteiger partial charge on any atom is -0.481 e. The van der Waals surface area contributed by atoms with Gasteiger partial charge in [-0.05, 0) is 25.2 Å². The number of carbonyl (C=O) groups is 1. The molecule has 0 spiro atoms. The lowest BCUT2D eigenvalue weighted by Crippen LogP contribution is -1.90. The van der Waals surface area contributed by atoms with E-state index in [1.165, 1.54) is 51.4 Å². The molecule has 1 unspecified atom stereocenters. The molecule has 0 fully saturated rings. The van der Waals surface area contributed by atoms with Crippen LogP contribution in [0.4, 0.5) is 0 Å². The van der Waals surface area contributed by atoms with Crippen LogP contribution in [0.3, 0.4) is 0 Å². The molecule has 0 aliphatic heterocycles. The van der Waals surface area contributed by atoms with Crippen LogP contribution in [0.25, 0.3) is 0 Å². The molecule has 0 rings (SSSR count). The monoisotopic (exact) mass is 286 g/mol. The predicted molar refractivity (Wildman–Crippen MR) is 85.9 cm³/mol. The Kier molecular flexibility index (Phi) is 19.5. The number of allylic oxidation sites excluding steroid dienone is 2. The number of rotatable bonds is 11. The first-order valence-electron chi connectivity index (χ1n) is 8.01. The van der Waals surface area contributed by atoms with Gasteiger partial charge in [0.2, 0.25) is 0 Å². The highest BCUT2D eigenvalue weighted by molar-refractivity contribution is 5.62. The first-order valence-corrected chi connectivity index (χ1v) is 8.01. The van der Waals surface area contributed by atoms with Crippen molar-refractivity contribution in [3.8, 4) is 0 Å². The maximum atomic E-state index is 9.00. The molecule has 3 heteroatoms. The molecule has 0 aromatic carbocycles. The number of carboxylic acids is 1. The maximum Gasteiger partial charge on any atom is 0.300 e. The Balaban J connectivity index is 0. The standard InChI is InChI=1S/C15H30O.C2H4O2/c1-3-4-5-9-12-15(2)13-10-7-6-8-11-14-16;1-2(3)4/h9,12,15-16H,3-8,10-11,13-14H2,1-2H3;1H3,(H,3,4)/b12-9+;. The molecule has 0 heterocycles. The van der Waals surface area contributed by atoms with Gasteiger partial charge in [0.15, 0.2) is 0 Å². The van der Waals surface area contributed by atoms with Gasteiger partial charge in [-0.3, -0.25) is 4.79 Å². The fourth-order valence-electron chi connectivity index (χ4n) is 1.86. The van der Waals surface area contributed by atoms with Crippen LogP contribution in [0.5, 0.6) is 0 Å². The van der Waals surface area contributed by atoms with Crippen molar-refractivity contribution in [1.29, 1.82) is 0 Å². The van der Waals surface area contributed by atoms with E-state index in [0.717, 1.165) is 19.3 Å². The third kappa shape index (κ3) is 25.9. The number of aliphatic hydroxyl groups excluding tert-OH is 1. The summed E-state index contributed by atoms with van der Waals surface area (Å²) in [5.41, 5.74) is 0. The first kappa shape index (κ1) is 21.5. The van der Waals surface area contributed by atoms with E-state index in [-0.39, 0.29) is 0 Å². The zero-order valence-corrected chi connectivity index (χ0v) is 13.6. The van der Waals surface area contributed by atoms with Gasteiger partial charge >= 0.3 is 0 Å². The fraction of sp³-hybridized carbons (Fsp3) is 0.824. The zero-order valence-electron chi connectivity index (χ0n) is 13.6. The predicted octanol–water partition coefficient (Wildman–Crippen LogP) is 4.79. The SMILES string of the molecule is CC(=O)O.CCCC/C=C/C(C)CCCCCCCO. The van der Waals surface area contributed by atoms with Crippen LogP contribution in [0.2, 0.25) is 0 Å². The largest absolute Gasteiger partial charge is 0.481 e. The Labute approximate surface area is 125 Å². The first-order chi connectivity index (χ1) is 9.54. The van der Waals surface area contributed by atoms with Crippen LogP contribution in [0.15, 0.2) is 12.2 Å². The molecule has 1 atom stereocenters. The second-order valence-corrected chi connectivity index (χ2v) is 5.35. The Morgan fingerprint density at radius 1 is 1.10 bits per heavy atom. The Morgan fingerprint density at radius 2 is 1.65 bits per heavy atom. The molecule has 0 aromatic heterocycles. The van der Waals surface area contributed by atoms with Crippen molar-refractivity contribution >= 4 is 5.97 Å². The molecule has 0 radical (unpaired) electrons. The molecule has 120 valence electrons. The molecule has 0 aliphatic carbocycles. The lowest BCUT2D eigenvalue weighted by molar-refractivity contribution is -0.134. The van der Waals surface area contributed by atoms with Crippen LogP contribution >= 0.6 is 0 Å². The summed E-state index contributed by atoms with van der Waals surface area (Å²) in [5, 5.41) is 16.1. The highest BCUT2D eigenvalue weighted by Gasteiger charge is 1.96. The summed E-state index contributed by atoms with van der Waals surface area (Å²) in [5.74, 6) is -0.0882. The summed E-state index contributed by atoms with van der Waals surface area (Å²) < 4.78 is 0. The molecular formula is C17H34O3. The van der Waals surface area contributed by atoms with E-state index < -0.39 is 5.97 Å². The van der Waals surface area contributed by atoms with E-state index in [1.807, 2.05) is 0 Å². The molecule has 0 aliphatic rings. The summed E-state index contributed by atoms with van der Waals surface area (Å²) in [7, 11) is 0. The van der Waals surface area contributed by atoms with E-state index in [2.05, 4.69) is 26.0 Å². The normalized spacial score (nSPS) is 12.0. The topological polar surface area (TPSA) is 57.5 Å². The van der Waals surface area contributed by atoms with Gasteiger partial charge in [0.1, 0.15) is 0 Å². The van der Waals surface area contributed by atoms with Crippen molar-refractivity contribution in [2.45, 2.75) is 78.6 Å². The van der Waals surface area contributed by atoms with Gasteiger partial charge in [-0.1, -0.05) is 64.5 Å². The quantitative estimate of drug-likeness (QED) is 0.424. The molecule has 0 aromatic rings. The Hall–Kier alpha value is -0.830. The molecule has 3 nitrogen and oxygen atoms in total. The van der Waals surface area contributed by atoms with Crippen molar-refractivity contribution in [1.82, 2.24) is 0 Å². The minimum absolute atomic E-state index is 0.358. The van der Waals surface area contributed by atoms with Crippen molar-refractivity contribution < 1.29 is 15.0 Å². The van der Waals surface area contributed by atoms with Gasteiger partial charge in [0.05, 0.1) is 0 Å². The molecule has 0 saturated carbocycles. The number of hydrogen-bond donors (Lipinski definition) is 2. The highest BCUT2D eigenvalue weighted by Crippen LogP contribution is 2.12. The van der Waals surface area contributed by atoms with Crippen LogP contribution in [0, 0.1) is 5.92 Å². The summed E-state index contributed by atoms with van der Waals surface area (Å²) in [6.45, 7) is 6.00. The fourth-order valence-corrected chi connectivity index (χ4v) is 1.86. The molecule has 0 saturated heterocycles. The van der Waals surface area contributed by atoms with E-state index in [9.17, 15) is 0 Å². The zero-order chi connectivity index (χ0) is 15.6. The van der Waals surface area contributed by atoms with Gasteiger partial charge in [0, 0.05) is 13.5 Å². The smallest absolute Gasteiger partial charge is 0.300 e. The summed E-state index contributed by atoms with van der Waals surface area (Å²) >= 11 is 0. The molecular weight excluding hydrogens is 252 g/mol. The van der Waals surface area contributed by atoms with Crippen LogP contribution < -0.4 is 0 Å². The third-order valence-electron chi connectivity index (χ3n) is 3.01. The van der Waals surface area contributed by atoms with E-state index >= 15 is 0 Å². The van der Waals surface area contributed by atoms with Crippen molar-refractivity contribution in [3.63, 3.8) is 0 Å². The van der Waals surface area contributed by atoms with Gasteiger partial charge < -0.3 is 10.2 Å². The van der Waals surface area contributed by atoms with Crippen molar-refractivity contribution in [2.24, 2.45) is 5.92 Å². The average Bonchev–Trinajstić information content (AvgIpc) is 2.38. The number of carboxylic acid groups (broad SMARTS) is 1. The average molecular weight is 286 g/mol. The number of unbranched alkanes of at least 4 members (excludes halogenated alkanes) is 6. The number of aliphatic hydroxyl groups is 1. The van der Waals surface area contributed by atoms with Crippen LogP contribution in [-0.2, 0) is 4.79 Å². The maximum absolute atomic E-state index is 9.00. The van der Waals surface area contributed by atoms with Crippen LogP contribution in [0.1, 0.15) is 78.6 Å². The van der Waals surface area contributed by atoms with Gasteiger partial charge in [-0.2, -0.15) is 0 Å². The highest BCUT2D eigenvalue weighted by atomic mass is 16.4. The van der Waals surface area contributed by atoms with Gasteiger partial charge in [-0.15, -0.1) is 0 Å². The summed E-state index contributed by atoms with van der Waals surface area (Å²) in [6, 6.07) is 0. The van der Waals surface area contributed by atoms with Gasteiger partial charge in [-0.25, -0.2) is 0 Å². The van der Waals surface area contributed by atoms with E-state index in [4.69, 9.17) is 15.0 Å². The van der Waals surface area contributed by atoms with Crippen molar-refractivity contribution in [2.75, 3.05) is 6.61 Å². The lowest BCUT2D eigenvalue weighted by atomic mass is 10.0. The molecule has 0 bridgehead atoms. The Bertz CT molecular complexity index is 220. The Morgan fingerprint density at radius 3 is 2.20 bits per heavy atom. The van der Waals surface area contributed by atoms with E-state index in [1.54, 1.807) is 0 Å². The van der Waals surface area contributed by atoms with Gasteiger partial charge in [0.25, 0.3) is 5.97 Å². The lowest BCUT2D eigenvalue weighted by Gasteiger charge is -2.05. The second kappa shape index (κ2) is 18.2. The number of hydrogen-bond acceptors (Lipinski definition) is 2.